The van der Waals surface area contributed by atoms with Gasteiger partial charge in [0.2, 0.25) is 11.8 Å². The largest absolute Gasteiger partial charge is 0.382 e. The number of anilines is 2. The van der Waals surface area contributed by atoms with E-state index in [1.54, 1.807) is 6.07 Å². The Labute approximate surface area is 285 Å². The summed E-state index contributed by atoms with van der Waals surface area (Å²) in [6.45, 7) is 18.2. The maximum absolute atomic E-state index is 15.7. The molecule has 3 saturated heterocycles. The first-order chi connectivity index (χ1) is 21.7. The topological polar surface area (TPSA) is 59.1 Å². The fourth-order valence-corrected chi connectivity index (χ4v) is 8.28. The van der Waals surface area contributed by atoms with Crippen LogP contribution in [0.3, 0.4) is 0 Å². The number of hydrogen-bond acceptors (Lipinski definition) is 6. The highest BCUT2D eigenvalue weighted by Crippen LogP contribution is 2.48. The van der Waals surface area contributed by atoms with E-state index in [4.69, 9.17) is 11.6 Å². The molecule has 0 radical (unpaired) electrons. The summed E-state index contributed by atoms with van der Waals surface area (Å²) in [5, 5.41) is 3.43. The molecule has 2 atom stereocenters. The maximum Gasteiger partial charge on any atom is 0.237 e. The zero-order valence-corrected chi connectivity index (χ0v) is 29.9. The van der Waals surface area contributed by atoms with E-state index >= 15 is 4.39 Å². The van der Waals surface area contributed by atoms with Crippen LogP contribution in [0.25, 0.3) is 0 Å². The van der Waals surface area contributed by atoms with Gasteiger partial charge in [-0.2, -0.15) is 0 Å². The molecule has 3 aliphatic rings. The van der Waals surface area contributed by atoms with Crippen LogP contribution < -0.4 is 10.2 Å². The summed E-state index contributed by atoms with van der Waals surface area (Å²) in [5.74, 6) is -0.246. The Balaban J connectivity index is 0.00000500. The summed E-state index contributed by atoms with van der Waals surface area (Å²) < 4.78 is 15.7. The number of hydrogen-bond donors (Lipinski definition) is 1. The lowest BCUT2D eigenvalue weighted by molar-refractivity contribution is -0.136. The second kappa shape index (κ2) is 14.3. The number of piperidine rings is 1. The van der Waals surface area contributed by atoms with E-state index in [1.807, 2.05) is 40.1 Å². The van der Waals surface area contributed by atoms with Gasteiger partial charge in [-0.3, -0.25) is 14.5 Å². The van der Waals surface area contributed by atoms with Gasteiger partial charge in [-0.15, -0.1) is 11.8 Å². The minimum Gasteiger partial charge on any atom is -0.382 e. The number of carbonyl (C=O) groups is 2. The second-order valence-corrected chi connectivity index (χ2v) is 16.9. The predicted molar refractivity (Wildman–Crippen MR) is 191 cm³/mol. The molecule has 0 saturated carbocycles. The number of likely N-dealkylation sites (tertiary alicyclic amines) is 1. The van der Waals surface area contributed by atoms with Crippen molar-refractivity contribution in [3.8, 4) is 0 Å². The molecule has 3 fully saturated rings. The molecule has 2 unspecified atom stereocenters. The number of piperazine rings is 1. The number of rotatable bonds is 8. The van der Waals surface area contributed by atoms with Crippen LogP contribution in [-0.4, -0.2) is 89.2 Å². The molecule has 5 rings (SSSR count). The normalized spacial score (nSPS) is 22.1. The minimum atomic E-state index is -0.490. The fraction of sp³-hybridized carbons (Fsp3) is 0.611. The highest BCUT2D eigenvalue weighted by Gasteiger charge is 2.44. The van der Waals surface area contributed by atoms with Crippen LogP contribution in [0.2, 0.25) is 5.02 Å². The molecule has 10 heteroatoms. The number of benzene rings is 2. The zero-order valence-electron chi connectivity index (χ0n) is 28.3. The molecule has 3 heterocycles. The van der Waals surface area contributed by atoms with E-state index in [2.05, 4.69) is 56.7 Å². The summed E-state index contributed by atoms with van der Waals surface area (Å²) >= 11 is 7.55. The van der Waals surface area contributed by atoms with E-state index in [0.717, 1.165) is 56.7 Å². The number of carbonyl (C=O) groups excluding carboxylic acids is 2. The Hall–Kier alpha value is -2.49. The third kappa shape index (κ3) is 8.50. The van der Waals surface area contributed by atoms with Crippen molar-refractivity contribution in [3.63, 3.8) is 0 Å². The number of nitrogens with one attached hydrogen (secondary N) is 1. The molecule has 46 heavy (non-hydrogen) atoms. The van der Waals surface area contributed by atoms with Crippen molar-refractivity contribution >= 4 is 46.6 Å². The van der Waals surface area contributed by atoms with Gasteiger partial charge >= 0.3 is 0 Å². The molecule has 0 aliphatic carbocycles. The molecular weight excluding hydrogens is 621 g/mol. The van der Waals surface area contributed by atoms with Crippen LogP contribution in [0.4, 0.5) is 15.8 Å². The molecule has 254 valence electrons. The standard InChI is InChI=1S/C36H51ClFN5O2S.H2/c1-35(2,3)16-19-43-33(45)30(24-31(44)40-17-14-27(15-18-40)39-26-12-10-25(37)11-13-26)46-34(43)28-8-7-9-29(38)32(28)41-20-22-42(23-21-41)36(4,5)6;/h7-13,27,30,34,39H,14-24H2,1-6H3;1H. The van der Waals surface area contributed by atoms with Gasteiger partial charge in [-0.25, -0.2) is 4.39 Å². The Kier molecular flexibility index (Phi) is 10.8. The van der Waals surface area contributed by atoms with Crippen molar-refractivity contribution in [1.29, 1.82) is 0 Å². The van der Waals surface area contributed by atoms with Gasteiger partial charge in [0, 0.05) is 81.5 Å². The Morgan fingerprint density at radius 1 is 0.978 bits per heavy atom. The number of amides is 2. The third-order valence-electron chi connectivity index (χ3n) is 9.49. The van der Waals surface area contributed by atoms with Crippen LogP contribution in [0.5, 0.6) is 0 Å². The molecule has 0 bridgehead atoms. The van der Waals surface area contributed by atoms with Crippen molar-refractivity contribution in [2.24, 2.45) is 5.41 Å². The summed E-state index contributed by atoms with van der Waals surface area (Å²) in [4.78, 5) is 36.0. The van der Waals surface area contributed by atoms with E-state index in [-0.39, 0.29) is 47.8 Å². The van der Waals surface area contributed by atoms with Gasteiger partial charge in [-0.05, 0) is 75.8 Å². The van der Waals surface area contributed by atoms with Crippen LogP contribution >= 0.6 is 23.4 Å². The van der Waals surface area contributed by atoms with Gasteiger partial charge in [-0.1, -0.05) is 44.5 Å². The molecule has 2 aromatic carbocycles. The van der Waals surface area contributed by atoms with E-state index in [0.29, 0.717) is 30.3 Å². The van der Waals surface area contributed by atoms with Crippen LogP contribution in [0.15, 0.2) is 42.5 Å². The monoisotopic (exact) mass is 673 g/mol. The molecule has 0 aromatic heterocycles. The smallest absolute Gasteiger partial charge is 0.237 e. The first-order valence-electron chi connectivity index (χ1n) is 16.7. The van der Waals surface area contributed by atoms with Gasteiger partial charge in [0.15, 0.2) is 0 Å². The molecule has 1 N–H and O–H groups in total. The van der Waals surface area contributed by atoms with Crippen molar-refractivity contribution in [2.45, 2.75) is 89.4 Å². The van der Waals surface area contributed by atoms with E-state index in [9.17, 15) is 9.59 Å². The van der Waals surface area contributed by atoms with E-state index in [1.165, 1.54) is 17.8 Å². The lowest BCUT2D eigenvalue weighted by Gasteiger charge is -2.43. The van der Waals surface area contributed by atoms with Crippen LogP contribution in [0.1, 0.15) is 79.6 Å². The Bertz CT molecular complexity index is 1370. The average molecular weight is 674 g/mol. The number of halogens is 2. The molecular formula is C36H53ClFN5O2S. The molecule has 7 nitrogen and oxygen atoms in total. The SMILES string of the molecule is CC(C)(C)CCN1C(=O)C(CC(=O)N2CCC(Nc3ccc(Cl)cc3)CC2)SC1c1cccc(F)c1N1CCN(C(C)(C)C)CC1.[HH]. The first kappa shape index (κ1) is 34.8. The van der Waals surface area contributed by atoms with Crippen molar-refractivity contribution in [3.05, 3.63) is 58.9 Å². The second-order valence-electron chi connectivity index (χ2n) is 15.2. The first-order valence-corrected chi connectivity index (χ1v) is 18.1. The molecule has 0 spiro atoms. The highest BCUT2D eigenvalue weighted by atomic mass is 35.5. The van der Waals surface area contributed by atoms with Crippen molar-refractivity contribution < 1.29 is 15.4 Å². The van der Waals surface area contributed by atoms with Crippen LogP contribution in [0, 0.1) is 11.2 Å². The molecule has 2 amide bonds. The van der Waals surface area contributed by atoms with Gasteiger partial charge < -0.3 is 20.0 Å². The lowest BCUT2D eigenvalue weighted by Crippen LogP contribution is -2.53. The van der Waals surface area contributed by atoms with Gasteiger partial charge in [0.1, 0.15) is 11.2 Å². The maximum atomic E-state index is 15.7. The summed E-state index contributed by atoms with van der Waals surface area (Å²) in [6, 6.07) is 13.2. The highest BCUT2D eigenvalue weighted by molar-refractivity contribution is 8.01. The number of thioether (sulfide) groups is 1. The van der Waals surface area contributed by atoms with Crippen molar-refractivity contribution in [2.75, 3.05) is 56.0 Å². The fourth-order valence-electron chi connectivity index (χ4n) is 6.66. The Morgan fingerprint density at radius 2 is 1.63 bits per heavy atom. The summed E-state index contributed by atoms with van der Waals surface area (Å²) in [7, 11) is 0. The third-order valence-corrected chi connectivity index (χ3v) is 11.2. The minimum absolute atomic E-state index is 0. The molecule has 2 aromatic rings. The lowest BCUT2D eigenvalue weighted by atomic mass is 9.92. The van der Waals surface area contributed by atoms with Gasteiger partial charge in [0.25, 0.3) is 0 Å². The average Bonchev–Trinajstić information content (AvgIpc) is 3.31. The quantitative estimate of drug-likeness (QED) is 0.313. The Morgan fingerprint density at radius 3 is 2.24 bits per heavy atom. The zero-order chi connectivity index (χ0) is 33.2. The van der Waals surface area contributed by atoms with Gasteiger partial charge in [0.05, 0.1) is 10.9 Å². The summed E-state index contributed by atoms with van der Waals surface area (Å²) in [6.07, 6.45) is 2.67. The number of para-hydroxylation sites is 1. The van der Waals surface area contributed by atoms with E-state index < -0.39 is 5.25 Å². The molecule has 3 aliphatic heterocycles. The van der Waals surface area contributed by atoms with Crippen LogP contribution in [-0.2, 0) is 9.59 Å². The number of nitrogens with zero attached hydrogens (tertiary/aromatic N) is 4. The summed E-state index contributed by atoms with van der Waals surface area (Å²) in [5.41, 5.74) is 2.55. The predicted octanol–water partition coefficient (Wildman–Crippen LogP) is 7.52. The van der Waals surface area contributed by atoms with Crippen molar-refractivity contribution in [1.82, 2.24) is 14.7 Å².